The van der Waals surface area contributed by atoms with E-state index in [1.807, 2.05) is 60.7 Å². The molecule has 0 fully saturated rings. The van der Waals surface area contributed by atoms with Crippen molar-refractivity contribution in [3.8, 4) is 11.3 Å². The van der Waals surface area contributed by atoms with Crippen molar-refractivity contribution in [3.63, 3.8) is 0 Å². The van der Waals surface area contributed by atoms with E-state index >= 15 is 0 Å². The molecule has 0 spiro atoms. The lowest BCUT2D eigenvalue weighted by molar-refractivity contribution is -0.110. The average Bonchev–Trinajstić information content (AvgIpc) is 3.21. The van der Waals surface area contributed by atoms with Crippen LogP contribution in [0.1, 0.15) is 11.1 Å². The second kappa shape index (κ2) is 5.74. The molecule has 124 valence electrons. The van der Waals surface area contributed by atoms with Crippen molar-refractivity contribution in [2.45, 2.75) is 0 Å². The maximum absolute atomic E-state index is 12.6. The number of H-pyrrole nitrogens is 1. The minimum absolute atomic E-state index is 0.0597. The molecule has 0 aliphatic carbocycles. The SMILES string of the molecule is O=C1Nc2ccccc2C1=Cc1c(-c2ccccc2)[nH]c2ccccc12. The molecule has 1 amide bonds. The van der Waals surface area contributed by atoms with Crippen molar-refractivity contribution in [2.24, 2.45) is 0 Å². The maximum Gasteiger partial charge on any atom is 0.256 e. The van der Waals surface area contributed by atoms with Crippen molar-refractivity contribution in [3.05, 3.63) is 90.0 Å². The Hall–Kier alpha value is -3.59. The highest BCUT2D eigenvalue weighted by Gasteiger charge is 2.24. The molecule has 1 aromatic heterocycles. The van der Waals surface area contributed by atoms with Crippen LogP contribution in [0.4, 0.5) is 5.69 Å². The number of hydrogen-bond donors (Lipinski definition) is 2. The summed E-state index contributed by atoms with van der Waals surface area (Å²) in [7, 11) is 0. The number of amides is 1. The zero-order valence-corrected chi connectivity index (χ0v) is 14.0. The van der Waals surface area contributed by atoms with Gasteiger partial charge in [0.05, 0.1) is 5.69 Å². The highest BCUT2D eigenvalue weighted by Crippen LogP contribution is 2.37. The molecular formula is C23H16N2O. The van der Waals surface area contributed by atoms with E-state index in [-0.39, 0.29) is 5.91 Å². The molecule has 2 heterocycles. The molecule has 1 aliphatic heterocycles. The van der Waals surface area contributed by atoms with E-state index in [2.05, 4.69) is 34.6 Å². The molecule has 2 N–H and O–H groups in total. The summed E-state index contributed by atoms with van der Waals surface area (Å²) >= 11 is 0. The Bertz CT molecular complexity index is 1170. The Kier molecular flexibility index (Phi) is 3.25. The zero-order chi connectivity index (χ0) is 17.5. The van der Waals surface area contributed by atoms with Crippen molar-refractivity contribution < 1.29 is 4.79 Å². The summed E-state index contributed by atoms with van der Waals surface area (Å²) in [4.78, 5) is 16.1. The predicted molar refractivity (Wildman–Crippen MR) is 107 cm³/mol. The highest BCUT2D eigenvalue weighted by molar-refractivity contribution is 6.35. The van der Waals surface area contributed by atoms with Crippen molar-refractivity contribution in [1.82, 2.24) is 4.98 Å². The zero-order valence-electron chi connectivity index (χ0n) is 14.0. The van der Waals surface area contributed by atoms with E-state index in [0.717, 1.165) is 39.0 Å². The van der Waals surface area contributed by atoms with Gasteiger partial charge in [0.15, 0.2) is 0 Å². The molecule has 26 heavy (non-hydrogen) atoms. The van der Waals surface area contributed by atoms with Crippen LogP contribution in [0.3, 0.4) is 0 Å². The quantitative estimate of drug-likeness (QED) is 0.478. The number of anilines is 1. The molecule has 3 heteroatoms. The van der Waals surface area contributed by atoms with E-state index < -0.39 is 0 Å². The number of rotatable bonds is 2. The molecule has 0 saturated carbocycles. The lowest BCUT2D eigenvalue weighted by Crippen LogP contribution is -2.03. The van der Waals surface area contributed by atoms with Gasteiger partial charge in [-0.3, -0.25) is 4.79 Å². The smallest absolute Gasteiger partial charge is 0.256 e. The molecule has 0 bridgehead atoms. The summed E-state index contributed by atoms with van der Waals surface area (Å²) in [5, 5.41) is 4.06. The van der Waals surface area contributed by atoms with Crippen LogP contribution in [0.5, 0.6) is 0 Å². The fourth-order valence-corrected chi connectivity index (χ4v) is 3.57. The predicted octanol–water partition coefficient (Wildman–Crippen LogP) is 5.33. The minimum atomic E-state index is -0.0597. The summed E-state index contributed by atoms with van der Waals surface area (Å²) in [6.45, 7) is 0. The Morgan fingerprint density at radius 3 is 2.38 bits per heavy atom. The van der Waals surface area contributed by atoms with E-state index in [1.54, 1.807) is 0 Å². The van der Waals surface area contributed by atoms with Crippen LogP contribution in [0.25, 0.3) is 33.8 Å². The largest absolute Gasteiger partial charge is 0.354 e. The van der Waals surface area contributed by atoms with Gasteiger partial charge in [-0.15, -0.1) is 0 Å². The standard InChI is InChI=1S/C23H16N2O/c26-23-19(17-11-5-7-13-21(17)25-23)14-18-16-10-4-6-12-20(16)24-22(18)15-8-2-1-3-9-15/h1-14,24H,(H,25,26). The first-order valence-electron chi connectivity index (χ1n) is 8.60. The number of hydrogen-bond acceptors (Lipinski definition) is 1. The molecule has 3 nitrogen and oxygen atoms in total. The topological polar surface area (TPSA) is 44.9 Å². The summed E-state index contributed by atoms with van der Waals surface area (Å²) in [5.41, 5.74) is 6.73. The van der Waals surface area contributed by atoms with Crippen molar-refractivity contribution in [1.29, 1.82) is 0 Å². The number of carbonyl (C=O) groups is 1. The number of benzene rings is 3. The lowest BCUT2D eigenvalue weighted by Gasteiger charge is -2.03. The van der Waals surface area contributed by atoms with Gasteiger partial charge in [0, 0.05) is 33.3 Å². The van der Waals surface area contributed by atoms with Crippen LogP contribution in [0, 0.1) is 0 Å². The summed E-state index contributed by atoms with van der Waals surface area (Å²) in [5.74, 6) is -0.0597. The third-order valence-electron chi connectivity index (χ3n) is 4.81. The van der Waals surface area contributed by atoms with Crippen LogP contribution < -0.4 is 5.32 Å². The minimum Gasteiger partial charge on any atom is -0.354 e. The third kappa shape index (κ3) is 2.25. The third-order valence-corrected chi connectivity index (χ3v) is 4.81. The Morgan fingerprint density at radius 2 is 1.50 bits per heavy atom. The molecule has 5 rings (SSSR count). The van der Waals surface area contributed by atoms with E-state index in [0.29, 0.717) is 5.57 Å². The maximum atomic E-state index is 12.6. The Morgan fingerprint density at radius 1 is 0.769 bits per heavy atom. The molecule has 0 unspecified atom stereocenters. The number of fused-ring (bicyclic) bond motifs is 2. The van der Waals surface area contributed by atoms with Crippen LogP contribution in [0.15, 0.2) is 78.9 Å². The normalized spacial score (nSPS) is 14.6. The van der Waals surface area contributed by atoms with Crippen LogP contribution >= 0.6 is 0 Å². The first-order valence-corrected chi connectivity index (χ1v) is 8.60. The van der Waals surface area contributed by atoms with Gasteiger partial charge in [0.2, 0.25) is 0 Å². The van der Waals surface area contributed by atoms with Gasteiger partial charge in [0.1, 0.15) is 0 Å². The van der Waals surface area contributed by atoms with E-state index in [4.69, 9.17) is 0 Å². The Balaban J connectivity index is 1.78. The van der Waals surface area contributed by atoms with Gasteiger partial charge in [0.25, 0.3) is 5.91 Å². The Labute approximate surface area is 151 Å². The molecule has 4 aromatic rings. The highest BCUT2D eigenvalue weighted by atomic mass is 16.2. The molecule has 0 atom stereocenters. The lowest BCUT2D eigenvalue weighted by atomic mass is 10.00. The van der Waals surface area contributed by atoms with Gasteiger partial charge in [-0.2, -0.15) is 0 Å². The first-order chi connectivity index (χ1) is 12.8. The summed E-state index contributed by atoms with van der Waals surface area (Å²) < 4.78 is 0. The fraction of sp³-hybridized carbons (Fsp3) is 0. The van der Waals surface area contributed by atoms with Gasteiger partial charge in [-0.05, 0) is 23.8 Å². The number of carbonyl (C=O) groups excluding carboxylic acids is 1. The molecule has 3 aromatic carbocycles. The van der Waals surface area contributed by atoms with Crippen LogP contribution in [-0.4, -0.2) is 10.9 Å². The number of aromatic nitrogens is 1. The molecular weight excluding hydrogens is 320 g/mol. The summed E-state index contributed by atoms with van der Waals surface area (Å²) in [6, 6.07) is 26.2. The van der Waals surface area contributed by atoms with Crippen molar-refractivity contribution >= 4 is 34.1 Å². The first kappa shape index (κ1) is 14.7. The fourth-order valence-electron chi connectivity index (χ4n) is 3.57. The van der Waals surface area contributed by atoms with Gasteiger partial charge < -0.3 is 10.3 Å². The van der Waals surface area contributed by atoms with Gasteiger partial charge in [-0.25, -0.2) is 0 Å². The molecule has 1 aliphatic rings. The van der Waals surface area contributed by atoms with E-state index in [1.165, 1.54) is 0 Å². The molecule has 0 saturated heterocycles. The van der Waals surface area contributed by atoms with Gasteiger partial charge >= 0.3 is 0 Å². The molecule has 0 radical (unpaired) electrons. The average molecular weight is 336 g/mol. The van der Waals surface area contributed by atoms with Gasteiger partial charge in [-0.1, -0.05) is 66.7 Å². The second-order valence-electron chi connectivity index (χ2n) is 6.38. The summed E-state index contributed by atoms with van der Waals surface area (Å²) in [6.07, 6.45) is 2.00. The number of aromatic amines is 1. The number of nitrogens with one attached hydrogen (secondary N) is 2. The van der Waals surface area contributed by atoms with E-state index in [9.17, 15) is 4.79 Å². The number of para-hydroxylation sites is 2. The monoisotopic (exact) mass is 336 g/mol. The van der Waals surface area contributed by atoms with Crippen molar-refractivity contribution in [2.75, 3.05) is 5.32 Å². The second-order valence-corrected chi connectivity index (χ2v) is 6.38. The van der Waals surface area contributed by atoms with Crippen LogP contribution in [0.2, 0.25) is 0 Å². The van der Waals surface area contributed by atoms with Crippen LogP contribution in [-0.2, 0) is 4.79 Å².